The number of nitrogens with one attached hydrogen (secondary N) is 2. The molecule has 0 aliphatic carbocycles. The maximum Gasteiger partial charge on any atom is 0.207 e. The molecule has 0 aromatic rings. The summed E-state index contributed by atoms with van der Waals surface area (Å²) in [6.07, 6.45) is 0.567. The van der Waals surface area contributed by atoms with Crippen LogP contribution in [-0.2, 0) is 4.79 Å². The molecular formula is C9H22N2O2. The Kier molecular flexibility index (Phi) is 9.17. The molecule has 13 heavy (non-hydrogen) atoms. The number of amides is 1. The van der Waals surface area contributed by atoms with Crippen LogP contribution in [0.2, 0.25) is 0 Å². The molecule has 0 fully saturated rings. The molecule has 0 radical (unpaired) electrons. The summed E-state index contributed by atoms with van der Waals surface area (Å²) in [5.74, 6) is 0. The van der Waals surface area contributed by atoms with E-state index in [1.54, 1.807) is 13.8 Å². The van der Waals surface area contributed by atoms with E-state index in [1.165, 1.54) is 0 Å². The third-order valence-corrected chi connectivity index (χ3v) is 1.20. The largest absolute Gasteiger partial charge is 0.389 e. The molecule has 80 valence electrons. The van der Waals surface area contributed by atoms with Gasteiger partial charge in [0.25, 0.3) is 0 Å². The van der Waals surface area contributed by atoms with Gasteiger partial charge in [-0.05, 0) is 20.9 Å². The van der Waals surface area contributed by atoms with E-state index in [2.05, 4.69) is 24.5 Å². The predicted molar refractivity (Wildman–Crippen MR) is 54.6 cm³/mol. The van der Waals surface area contributed by atoms with Crippen LogP contribution in [0.25, 0.3) is 0 Å². The zero-order chi connectivity index (χ0) is 10.9. The van der Waals surface area contributed by atoms with Gasteiger partial charge in [-0.25, -0.2) is 0 Å². The van der Waals surface area contributed by atoms with E-state index in [9.17, 15) is 4.79 Å². The fourth-order valence-electron chi connectivity index (χ4n) is 0.291. The highest BCUT2D eigenvalue weighted by Gasteiger charge is 2.09. The fourth-order valence-corrected chi connectivity index (χ4v) is 0.291. The van der Waals surface area contributed by atoms with Gasteiger partial charge in [0.15, 0.2) is 0 Å². The number of hydrogen-bond donors (Lipinski definition) is 3. The number of carbonyl (C=O) groups excluding carboxylic acids is 1. The van der Waals surface area contributed by atoms with Crippen molar-refractivity contribution in [2.75, 3.05) is 13.6 Å². The first-order chi connectivity index (χ1) is 5.83. The molecule has 0 aromatic heterocycles. The molecule has 0 saturated heterocycles. The fraction of sp³-hybridized carbons (Fsp3) is 0.889. The van der Waals surface area contributed by atoms with Crippen molar-refractivity contribution in [2.45, 2.75) is 39.3 Å². The zero-order valence-electron chi connectivity index (χ0n) is 9.22. The van der Waals surface area contributed by atoms with Crippen molar-refractivity contribution in [1.82, 2.24) is 10.6 Å². The third-order valence-electron chi connectivity index (χ3n) is 1.20. The average molecular weight is 190 g/mol. The minimum absolute atomic E-state index is 0.302. The minimum atomic E-state index is -0.791. The van der Waals surface area contributed by atoms with Crippen molar-refractivity contribution < 1.29 is 9.90 Å². The van der Waals surface area contributed by atoms with Crippen molar-refractivity contribution in [3.8, 4) is 0 Å². The lowest BCUT2D eigenvalue weighted by Crippen LogP contribution is -2.33. The van der Waals surface area contributed by atoms with Crippen molar-refractivity contribution >= 4 is 6.41 Å². The molecule has 3 N–H and O–H groups in total. The van der Waals surface area contributed by atoms with Crippen LogP contribution in [0, 0.1) is 0 Å². The highest BCUT2D eigenvalue weighted by atomic mass is 16.3. The second-order valence-corrected chi connectivity index (χ2v) is 3.75. The van der Waals surface area contributed by atoms with Crippen LogP contribution < -0.4 is 10.6 Å². The van der Waals surface area contributed by atoms with Gasteiger partial charge in [0, 0.05) is 12.6 Å². The van der Waals surface area contributed by atoms with E-state index < -0.39 is 5.60 Å². The third kappa shape index (κ3) is 24.6. The predicted octanol–water partition coefficient (Wildman–Crippen LogP) is 0.118. The molecule has 0 heterocycles. The summed E-state index contributed by atoms with van der Waals surface area (Å²) < 4.78 is 0. The second-order valence-electron chi connectivity index (χ2n) is 3.75. The second kappa shape index (κ2) is 8.01. The number of rotatable bonds is 4. The Morgan fingerprint density at radius 1 is 1.46 bits per heavy atom. The van der Waals surface area contributed by atoms with E-state index in [0.717, 1.165) is 0 Å². The Hall–Kier alpha value is -0.610. The standard InChI is InChI=1S/C5H11NO2.C4H11N/c1-5(2,8)3-6-4-7;1-4(2)5-3/h4,8H,3H2,1-2H3,(H,6,7);4-5H,1-3H3. The first-order valence-corrected chi connectivity index (χ1v) is 4.40. The van der Waals surface area contributed by atoms with Gasteiger partial charge in [-0.15, -0.1) is 0 Å². The molecule has 0 rings (SSSR count). The molecule has 4 nitrogen and oxygen atoms in total. The van der Waals surface area contributed by atoms with E-state index >= 15 is 0 Å². The monoisotopic (exact) mass is 190 g/mol. The maximum atomic E-state index is 9.63. The normalized spacial score (nSPS) is 10.4. The zero-order valence-corrected chi connectivity index (χ0v) is 9.22. The lowest BCUT2D eigenvalue weighted by molar-refractivity contribution is -0.110. The highest BCUT2D eigenvalue weighted by Crippen LogP contribution is 1.95. The van der Waals surface area contributed by atoms with Gasteiger partial charge in [0.2, 0.25) is 6.41 Å². The van der Waals surface area contributed by atoms with Crippen LogP contribution in [0.3, 0.4) is 0 Å². The summed E-state index contributed by atoms with van der Waals surface area (Å²) in [6.45, 7) is 7.78. The van der Waals surface area contributed by atoms with E-state index in [1.807, 2.05) is 7.05 Å². The van der Waals surface area contributed by atoms with Gasteiger partial charge in [-0.2, -0.15) is 0 Å². The van der Waals surface area contributed by atoms with E-state index in [4.69, 9.17) is 5.11 Å². The lowest BCUT2D eigenvalue weighted by Gasteiger charge is -2.14. The summed E-state index contributed by atoms with van der Waals surface area (Å²) in [4.78, 5) is 9.63. The molecule has 0 atom stereocenters. The van der Waals surface area contributed by atoms with Crippen LogP contribution >= 0.6 is 0 Å². The van der Waals surface area contributed by atoms with Crippen LogP contribution in [0.1, 0.15) is 27.7 Å². The van der Waals surface area contributed by atoms with Crippen molar-refractivity contribution in [2.24, 2.45) is 0 Å². The number of aliphatic hydroxyl groups is 1. The molecule has 0 bridgehead atoms. The topological polar surface area (TPSA) is 61.4 Å². The van der Waals surface area contributed by atoms with Crippen LogP contribution in [0.15, 0.2) is 0 Å². The van der Waals surface area contributed by atoms with E-state index in [-0.39, 0.29) is 0 Å². The summed E-state index contributed by atoms with van der Waals surface area (Å²) in [5.41, 5.74) is -0.791. The number of carbonyl (C=O) groups is 1. The van der Waals surface area contributed by atoms with Gasteiger partial charge < -0.3 is 15.7 Å². The Labute approximate surface area is 80.7 Å². The van der Waals surface area contributed by atoms with Crippen molar-refractivity contribution in [1.29, 1.82) is 0 Å². The van der Waals surface area contributed by atoms with Gasteiger partial charge in [-0.3, -0.25) is 4.79 Å². The first kappa shape index (κ1) is 14.9. The van der Waals surface area contributed by atoms with Crippen LogP contribution in [-0.4, -0.2) is 36.8 Å². The Bertz CT molecular complexity index is 119. The maximum absolute atomic E-state index is 9.63. The van der Waals surface area contributed by atoms with E-state index in [0.29, 0.717) is 19.0 Å². The molecule has 0 saturated carbocycles. The Morgan fingerprint density at radius 2 is 1.85 bits per heavy atom. The smallest absolute Gasteiger partial charge is 0.207 e. The minimum Gasteiger partial charge on any atom is -0.389 e. The molecule has 1 amide bonds. The van der Waals surface area contributed by atoms with Crippen LogP contribution in [0.5, 0.6) is 0 Å². The van der Waals surface area contributed by atoms with Gasteiger partial charge in [-0.1, -0.05) is 13.8 Å². The Morgan fingerprint density at radius 3 is 1.92 bits per heavy atom. The van der Waals surface area contributed by atoms with Gasteiger partial charge in [0.05, 0.1) is 5.60 Å². The van der Waals surface area contributed by atoms with Crippen LogP contribution in [0.4, 0.5) is 0 Å². The summed E-state index contributed by atoms with van der Waals surface area (Å²) in [5, 5.41) is 14.3. The highest BCUT2D eigenvalue weighted by molar-refractivity contribution is 5.45. The molecule has 0 aliphatic heterocycles. The van der Waals surface area contributed by atoms with Crippen molar-refractivity contribution in [3.63, 3.8) is 0 Å². The quantitative estimate of drug-likeness (QED) is 0.552. The summed E-state index contributed by atoms with van der Waals surface area (Å²) in [7, 11) is 1.95. The summed E-state index contributed by atoms with van der Waals surface area (Å²) in [6, 6.07) is 0.634. The molecule has 4 heteroatoms. The SMILES string of the molecule is CC(C)(O)CNC=O.CNC(C)C. The average Bonchev–Trinajstić information content (AvgIpc) is 2.00. The molecule has 0 aromatic carbocycles. The molecule has 0 spiro atoms. The molecular weight excluding hydrogens is 168 g/mol. The molecule has 0 unspecified atom stereocenters. The van der Waals surface area contributed by atoms with Gasteiger partial charge in [0.1, 0.15) is 0 Å². The Balaban J connectivity index is 0. The van der Waals surface area contributed by atoms with Crippen molar-refractivity contribution in [3.05, 3.63) is 0 Å². The molecule has 0 aliphatic rings. The van der Waals surface area contributed by atoms with Gasteiger partial charge >= 0.3 is 0 Å². The first-order valence-electron chi connectivity index (χ1n) is 4.40. The summed E-state index contributed by atoms with van der Waals surface area (Å²) >= 11 is 0. The lowest BCUT2D eigenvalue weighted by atomic mass is 10.1. The number of hydrogen-bond acceptors (Lipinski definition) is 3.